The first-order chi connectivity index (χ1) is 4.34. The van der Waals surface area contributed by atoms with Crippen molar-refractivity contribution >= 4 is 24.8 Å². The van der Waals surface area contributed by atoms with Crippen LogP contribution in [-0.2, 0) is 4.74 Å². The highest BCUT2D eigenvalue weighted by Gasteiger charge is 2.16. The van der Waals surface area contributed by atoms with Gasteiger partial charge in [0.05, 0.1) is 13.2 Å². The molecule has 70 valence electrons. The molecule has 0 aromatic rings. The van der Waals surface area contributed by atoms with Crippen molar-refractivity contribution < 1.29 is 4.74 Å². The molecule has 0 spiro atoms. The lowest BCUT2D eigenvalue weighted by molar-refractivity contribution is 0.00948. The Labute approximate surface area is 80.1 Å². The summed E-state index contributed by atoms with van der Waals surface area (Å²) in [5.74, 6) is 0. The highest BCUT2D eigenvalue weighted by Crippen LogP contribution is 2.00. The lowest BCUT2D eigenvalue weighted by atomic mass is 10.2. The van der Waals surface area contributed by atoms with Crippen molar-refractivity contribution in [2.24, 2.45) is 5.73 Å². The van der Waals surface area contributed by atoms with Gasteiger partial charge in [-0.05, 0) is 7.05 Å². The van der Waals surface area contributed by atoms with E-state index in [2.05, 4.69) is 11.9 Å². The molecule has 1 saturated heterocycles. The predicted molar refractivity (Wildman–Crippen MR) is 50.8 cm³/mol. The summed E-state index contributed by atoms with van der Waals surface area (Å²) < 4.78 is 5.22. The highest BCUT2D eigenvalue weighted by molar-refractivity contribution is 5.85. The van der Waals surface area contributed by atoms with Crippen LogP contribution in [-0.4, -0.2) is 44.3 Å². The van der Waals surface area contributed by atoms with E-state index < -0.39 is 0 Å². The minimum Gasteiger partial charge on any atom is -0.378 e. The first kappa shape index (κ1) is 14.0. The Morgan fingerprint density at radius 3 is 2.55 bits per heavy atom. The van der Waals surface area contributed by atoms with Crippen LogP contribution in [0.15, 0.2) is 0 Å². The zero-order valence-corrected chi connectivity index (χ0v) is 8.29. The normalized spacial score (nSPS) is 25.1. The van der Waals surface area contributed by atoms with Crippen molar-refractivity contribution in [1.82, 2.24) is 4.90 Å². The molecule has 2 N–H and O–H groups in total. The maximum atomic E-state index is 5.47. The lowest BCUT2D eigenvalue weighted by Crippen LogP contribution is -2.46. The van der Waals surface area contributed by atoms with Gasteiger partial charge in [0, 0.05) is 19.1 Å². The average Bonchev–Trinajstić information content (AvgIpc) is 1.89. The second-order valence-electron chi connectivity index (χ2n) is 2.45. The van der Waals surface area contributed by atoms with Crippen LogP contribution in [0.4, 0.5) is 0 Å². The summed E-state index contributed by atoms with van der Waals surface area (Å²) in [6.45, 7) is 3.37. The van der Waals surface area contributed by atoms with Crippen molar-refractivity contribution in [3.8, 4) is 0 Å². The van der Waals surface area contributed by atoms with E-state index in [0.29, 0.717) is 12.6 Å². The van der Waals surface area contributed by atoms with Crippen LogP contribution in [0.2, 0.25) is 0 Å². The maximum Gasteiger partial charge on any atom is 0.0634 e. The van der Waals surface area contributed by atoms with Gasteiger partial charge in [-0.1, -0.05) is 0 Å². The Bertz CT molecular complexity index is 94.7. The summed E-state index contributed by atoms with van der Waals surface area (Å²) in [7, 11) is 2.08. The molecular weight excluding hydrogens is 187 g/mol. The summed E-state index contributed by atoms with van der Waals surface area (Å²) in [5.41, 5.74) is 5.47. The van der Waals surface area contributed by atoms with Crippen molar-refractivity contribution in [2.75, 3.05) is 33.4 Å². The first-order valence-electron chi connectivity index (χ1n) is 3.32. The molecular formula is C6H16Cl2N2O. The molecule has 0 aliphatic carbocycles. The second-order valence-corrected chi connectivity index (χ2v) is 2.45. The van der Waals surface area contributed by atoms with Gasteiger partial charge in [0.1, 0.15) is 0 Å². The summed E-state index contributed by atoms with van der Waals surface area (Å²) >= 11 is 0. The molecule has 1 atom stereocenters. The molecule has 5 heteroatoms. The molecule has 11 heavy (non-hydrogen) atoms. The standard InChI is InChI=1S/C6H14N2O.2ClH/c1-8-2-3-9-5-6(8)4-7;;/h6H,2-5,7H2,1H3;2*1H/t6-;;/m0../s1. The zero-order chi connectivity index (χ0) is 6.69. The SMILES string of the molecule is CN1CCOC[C@@H]1CN.Cl.Cl. The van der Waals surface area contributed by atoms with Crippen molar-refractivity contribution in [3.05, 3.63) is 0 Å². The zero-order valence-electron chi connectivity index (χ0n) is 6.66. The van der Waals surface area contributed by atoms with E-state index in [0.717, 1.165) is 19.8 Å². The molecule has 3 nitrogen and oxygen atoms in total. The van der Waals surface area contributed by atoms with Gasteiger partial charge in [-0.15, -0.1) is 24.8 Å². The fourth-order valence-corrected chi connectivity index (χ4v) is 0.986. The van der Waals surface area contributed by atoms with Gasteiger partial charge < -0.3 is 10.5 Å². The Morgan fingerprint density at radius 1 is 1.55 bits per heavy atom. The Morgan fingerprint density at radius 2 is 2.18 bits per heavy atom. The number of hydrogen-bond acceptors (Lipinski definition) is 3. The molecule has 0 unspecified atom stereocenters. The minimum atomic E-state index is 0. The Hall–Kier alpha value is 0.460. The monoisotopic (exact) mass is 202 g/mol. The summed E-state index contributed by atoms with van der Waals surface area (Å²) in [5, 5.41) is 0. The maximum absolute atomic E-state index is 5.47. The van der Waals surface area contributed by atoms with Crippen LogP contribution in [0.3, 0.4) is 0 Å². The third-order valence-corrected chi connectivity index (χ3v) is 1.79. The average molecular weight is 203 g/mol. The van der Waals surface area contributed by atoms with Gasteiger partial charge in [0.2, 0.25) is 0 Å². The van der Waals surface area contributed by atoms with E-state index in [1.807, 2.05) is 0 Å². The molecule has 1 rings (SSSR count). The van der Waals surface area contributed by atoms with E-state index >= 15 is 0 Å². The number of nitrogens with zero attached hydrogens (tertiary/aromatic N) is 1. The van der Waals surface area contributed by atoms with E-state index in [9.17, 15) is 0 Å². The van der Waals surface area contributed by atoms with Gasteiger partial charge in [0.15, 0.2) is 0 Å². The number of halogens is 2. The van der Waals surface area contributed by atoms with Crippen LogP contribution >= 0.6 is 24.8 Å². The summed E-state index contributed by atoms with van der Waals surface area (Å²) in [6.07, 6.45) is 0. The molecule has 1 heterocycles. The number of nitrogens with two attached hydrogens (primary N) is 1. The predicted octanol–water partition coefficient (Wildman–Crippen LogP) is 0.119. The first-order valence-corrected chi connectivity index (χ1v) is 3.32. The molecule has 0 saturated carbocycles. The number of likely N-dealkylation sites (N-methyl/N-ethyl adjacent to an activating group) is 1. The van der Waals surface area contributed by atoms with Crippen molar-refractivity contribution in [2.45, 2.75) is 6.04 Å². The van der Waals surface area contributed by atoms with Crippen LogP contribution in [0, 0.1) is 0 Å². The third kappa shape index (κ3) is 4.13. The van der Waals surface area contributed by atoms with Crippen LogP contribution in [0.1, 0.15) is 0 Å². The smallest absolute Gasteiger partial charge is 0.0634 e. The molecule has 0 aromatic heterocycles. The van der Waals surface area contributed by atoms with Crippen LogP contribution in [0.25, 0.3) is 0 Å². The summed E-state index contributed by atoms with van der Waals surface area (Å²) in [4.78, 5) is 2.24. The summed E-state index contributed by atoms with van der Waals surface area (Å²) in [6, 6.07) is 0.443. The third-order valence-electron chi connectivity index (χ3n) is 1.79. The number of hydrogen-bond donors (Lipinski definition) is 1. The molecule has 0 amide bonds. The Balaban J connectivity index is 0. The van der Waals surface area contributed by atoms with E-state index in [1.54, 1.807) is 0 Å². The number of ether oxygens (including phenoxy) is 1. The molecule has 1 fully saturated rings. The fraction of sp³-hybridized carbons (Fsp3) is 1.00. The van der Waals surface area contributed by atoms with Crippen molar-refractivity contribution in [1.29, 1.82) is 0 Å². The number of morpholine rings is 1. The van der Waals surface area contributed by atoms with Crippen molar-refractivity contribution in [3.63, 3.8) is 0 Å². The molecule has 1 aliphatic rings. The van der Waals surface area contributed by atoms with Gasteiger partial charge in [-0.2, -0.15) is 0 Å². The van der Waals surface area contributed by atoms with Gasteiger partial charge >= 0.3 is 0 Å². The molecule has 0 radical (unpaired) electrons. The van der Waals surface area contributed by atoms with E-state index in [4.69, 9.17) is 10.5 Å². The van der Waals surface area contributed by atoms with E-state index in [-0.39, 0.29) is 24.8 Å². The van der Waals surface area contributed by atoms with Crippen LogP contribution in [0.5, 0.6) is 0 Å². The molecule has 0 aromatic carbocycles. The topological polar surface area (TPSA) is 38.5 Å². The van der Waals surface area contributed by atoms with Crippen LogP contribution < -0.4 is 5.73 Å². The second kappa shape index (κ2) is 7.13. The largest absolute Gasteiger partial charge is 0.378 e. The van der Waals surface area contributed by atoms with Gasteiger partial charge in [0.25, 0.3) is 0 Å². The Kier molecular flexibility index (Phi) is 9.08. The highest BCUT2D eigenvalue weighted by atomic mass is 35.5. The number of rotatable bonds is 1. The lowest BCUT2D eigenvalue weighted by Gasteiger charge is -2.31. The quantitative estimate of drug-likeness (QED) is 0.657. The van der Waals surface area contributed by atoms with Gasteiger partial charge in [-0.3, -0.25) is 4.90 Å². The van der Waals surface area contributed by atoms with Gasteiger partial charge in [-0.25, -0.2) is 0 Å². The fourth-order valence-electron chi connectivity index (χ4n) is 0.986. The van der Waals surface area contributed by atoms with E-state index in [1.165, 1.54) is 0 Å². The molecule has 1 aliphatic heterocycles. The molecule has 0 bridgehead atoms. The minimum absolute atomic E-state index is 0.